The molecule has 1 atom stereocenters. The third-order valence-corrected chi connectivity index (χ3v) is 4.23. The van der Waals surface area contributed by atoms with E-state index in [0.29, 0.717) is 11.6 Å². The third-order valence-electron chi connectivity index (χ3n) is 4.23. The summed E-state index contributed by atoms with van der Waals surface area (Å²) in [6.07, 6.45) is 2.09. The highest BCUT2D eigenvalue weighted by atomic mass is 16.6. The van der Waals surface area contributed by atoms with Gasteiger partial charge in [-0.25, -0.2) is 4.79 Å². The van der Waals surface area contributed by atoms with E-state index in [1.807, 2.05) is 4.90 Å². The average Bonchev–Trinajstić information content (AvgIpc) is 2.58. The minimum Gasteiger partial charge on any atom is -0.452 e. The van der Waals surface area contributed by atoms with Crippen molar-refractivity contribution in [2.75, 3.05) is 38.7 Å². The number of amides is 1. The molecule has 1 unspecified atom stereocenters. The van der Waals surface area contributed by atoms with Gasteiger partial charge in [-0.1, -0.05) is 6.92 Å². The molecule has 0 aromatic heterocycles. The fourth-order valence-corrected chi connectivity index (χ4v) is 2.81. The van der Waals surface area contributed by atoms with Crippen LogP contribution in [0.3, 0.4) is 0 Å². The number of piperidine rings is 1. The molecule has 1 amide bonds. The number of carbonyl (C=O) groups excluding carboxylic acids is 2. The molecule has 0 spiro atoms. The lowest BCUT2D eigenvalue weighted by Crippen LogP contribution is -2.34. The molecule has 0 saturated carbocycles. The van der Waals surface area contributed by atoms with Crippen molar-refractivity contribution in [2.24, 2.45) is 5.92 Å². The first kappa shape index (κ1) is 18.7. The van der Waals surface area contributed by atoms with Gasteiger partial charge in [0.25, 0.3) is 11.6 Å². The molecule has 1 aliphatic rings. The minimum atomic E-state index is -0.753. The van der Waals surface area contributed by atoms with Crippen molar-refractivity contribution < 1.29 is 19.2 Å². The Hall–Kier alpha value is -2.64. The molecule has 136 valence electrons. The van der Waals surface area contributed by atoms with E-state index in [1.54, 1.807) is 20.2 Å². The number of nitrogens with zero attached hydrogens (tertiary/aromatic N) is 3. The minimum absolute atomic E-state index is 0.0621. The van der Waals surface area contributed by atoms with E-state index in [4.69, 9.17) is 4.74 Å². The number of nitro benzene ring substituents is 1. The predicted molar refractivity (Wildman–Crippen MR) is 92.7 cm³/mol. The van der Waals surface area contributed by atoms with E-state index >= 15 is 0 Å². The number of anilines is 1. The van der Waals surface area contributed by atoms with Gasteiger partial charge in [-0.2, -0.15) is 0 Å². The average molecular weight is 349 g/mol. The molecule has 1 saturated heterocycles. The molecule has 0 N–H and O–H groups in total. The van der Waals surface area contributed by atoms with E-state index in [-0.39, 0.29) is 17.2 Å². The molecule has 0 bridgehead atoms. The van der Waals surface area contributed by atoms with Gasteiger partial charge >= 0.3 is 5.97 Å². The number of hydrogen-bond donors (Lipinski definition) is 0. The van der Waals surface area contributed by atoms with Gasteiger partial charge in [0.15, 0.2) is 6.61 Å². The summed E-state index contributed by atoms with van der Waals surface area (Å²) < 4.78 is 4.92. The van der Waals surface area contributed by atoms with Crippen molar-refractivity contribution >= 4 is 23.3 Å². The Kier molecular flexibility index (Phi) is 5.95. The zero-order chi connectivity index (χ0) is 18.6. The molecule has 1 fully saturated rings. The molecule has 25 heavy (non-hydrogen) atoms. The zero-order valence-corrected chi connectivity index (χ0v) is 14.7. The summed E-state index contributed by atoms with van der Waals surface area (Å²) in [5.41, 5.74) is 0.451. The van der Waals surface area contributed by atoms with Gasteiger partial charge in [0.1, 0.15) is 5.69 Å². The van der Waals surface area contributed by atoms with Crippen LogP contribution < -0.4 is 4.90 Å². The molecule has 1 aromatic rings. The molecule has 8 nitrogen and oxygen atoms in total. The number of hydrogen-bond acceptors (Lipinski definition) is 6. The smallest absolute Gasteiger partial charge is 0.338 e. The maximum atomic E-state index is 12.1. The lowest BCUT2D eigenvalue weighted by Gasteiger charge is -2.32. The van der Waals surface area contributed by atoms with Crippen LogP contribution in [-0.4, -0.2) is 55.5 Å². The summed E-state index contributed by atoms with van der Waals surface area (Å²) in [6.45, 7) is 3.23. The standard InChI is InChI=1S/C17H23N3O5/c1-12-5-4-8-19(10-12)14-7-6-13(9-15(14)20(23)24)17(22)25-11-16(21)18(2)3/h6-7,9,12H,4-5,8,10-11H2,1-3H3. The van der Waals surface area contributed by atoms with Crippen molar-refractivity contribution in [1.82, 2.24) is 4.90 Å². The van der Waals surface area contributed by atoms with Gasteiger partial charge < -0.3 is 14.5 Å². The maximum absolute atomic E-state index is 12.1. The second-order valence-electron chi connectivity index (χ2n) is 6.52. The van der Waals surface area contributed by atoms with Crippen LogP contribution >= 0.6 is 0 Å². The molecule has 1 heterocycles. The highest BCUT2D eigenvalue weighted by molar-refractivity contribution is 5.93. The summed E-state index contributed by atoms with van der Waals surface area (Å²) >= 11 is 0. The topological polar surface area (TPSA) is 93.0 Å². The lowest BCUT2D eigenvalue weighted by molar-refractivity contribution is -0.384. The summed E-state index contributed by atoms with van der Waals surface area (Å²) in [5, 5.41) is 11.4. The molecule has 1 aromatic carbocycles. The van der Waals surface area contributed by atoms with Crippen molar-refractivity contribution in [3.63, 3.8) is 0 Å². The lowest BCUT2D eigenvalue weighted by atomic mass is 9.99. The summed E-state index contributed by atoms with van der Waals surface area (Å²) in [7, 11) is 3.10. The van der Waals surface area contributed by atoms with Crippen molar-refractivity contribution in [3.8, 4) is 0 Å². The Bertz CT molecular complexity index is 674. The van der Waals surface area contributed by atoms with Crippen LogP contribution in [0, 0.1) is 16.0 Å². The number of ether oxygens (including phenoxy) is 1. The van der Waals surface area contributed by atoms with Crippen LogP contribution in [0.4, 0.5) is 11.4 Å². The van der Waals surface area contributed by atoms with Crippen LogP contribution in [0.5, 0.6) is 0 Å². The van der Waals surface area contributed by atoms with Gasteiger partial charge in [0.05, 0.1) is 10.5 Å². The van der Waals surface area contributed by atoms with Crippen LogP contribution in [0.15, 0.2) is 18.2 Å². The first-order valence-corrected chi connectivity index (χ1v) is 8.20. The fraction of sp³-hybridized carbons (Fsp3) is 0.529. The first-order chi connectivity index (χ1) is 11.8. The van der Waals surface area contributed by atoms with E-state index in [1.165, 1.54) is 17.0 Å². The van der Waals surface area contributed by atoms with Gasteiger partial charge in [0.2, 0.25) is 0 Å². The Labute approximate surface area is 146 Å². The van der Waals surface area contributed by atoms with Crippen molar-refractivity contribution in [1.29, 1.82) is 0 Å². The molecule has 0 radical (unpaired) electrons. The van der Waals surface area contributed by atoms with Gasteiger partial charge in [0, 0.05) is 33.3 Å². The van der Waals surface area contributed by atoms with Crippen molar-refractivity contribution in [2.45, 2.75) is 19.8 Å². The maximum Gasteiger partial charge on any atom is 0.338 e. The van der Waals surface area contributed by atoms with E-state index in [2.05, 4.69) is 6.92 Å². The molecule has 0 aliphatic carbocycles. The number of rotatable bonds is 5. The largest absolute Gasteiger partial charge is 0.452 e. The highest BCUT2D eigenvalue weighted by Gasteiger charge is 2.25. The Balaban J connectivity index is 2.19. The zero-order valence-electron chi connectivity index (χ0n) is 14.7. The van der Waals surface area contributed by atoms with Crippen LogP contribution in [0.1, 0.15) is 30.1 Å². The van der Waals surface area contributed by atoms with Crippen LogP contribution in [0.25, 0.3) is 0 Å². The van der Waals surface area contributed by atoms with E-state index in [9.17, 15) is 19.7 Å². The Morgan fingerprint density at radius 3 is 2.72 bits per heavy atom. The Morgan fingerprint density at radius 2 is 2.12 bits per heavy atom. The first-order valence-electron chi connectivity index (χ1n) is 8.20. The molecular formula is C17H23N3O5. The number of carbonyl (C=O) groups is 2. The monoisotopic (exact) mass is 349 g/mol. The quantitative estimate of drug-likeness (QED) is 0.459. The van der Waals surface area contributed by atoms with Gasteiger partial charge in [-0.05, 0) is 30.9 Å². The van der Waals surface area contributed by atoms with Gasteiger partial charge in [-0.15, -0.1) is 0 Å². The SMILES string of the molecule is CC1CCCN(c2ccc(C(=O)OCC(=O)N(C)C)cc2[N+](=O)[O-])C1. The summed E-state index contributed by atoms with van der Waals surface area (Å²) in [6, 6.07) is 4.31. The number of benzene rings is 1. The highest BCUT2D eigenvalue weighted by Crippen LogP contribution is 2.32. The number of nitro groups is 1. The second kappa shape index (κ2) is 7.96. The Morgan fingerprint density at radius 1 is 1.40 bits per heavy atom. The summed E-state index contributed by atoms with van der Waals surface area (Å²) in [4.78, 5) is 37.8. The second-order valence-corrected chi connectivity index (χ2v) is 6.52. The van der Waals surface area contributed by atoms with Crippen LogP contribution in [0.2, 0.25) is 0 Å². The van der Waals surface area contributed by atoms with Gasteiger partial charge in [-0.3, -0.25) is 14.9 Å². The summed E-state index contributed by atoms with van der Waals surface area (Å²) in [5.74, 6) is -0.645. The number of esters is 1. The number of likely N-dealkylation sites (N-methyl/N-ethyl adjacent to an activating group) is 1. The van der Waals surface area contributed by atoms with E-state index in [0.717, 1.165) is 25.9 Å². The van der Waals surface area contributed by atoms with Crippen LogP contribution in [-0.2, 0) is 9.53 Å². The predicted octanol–water partition coefficient (Wildman–Crippen LogP) is 2.08. The molecular weight excluding hydrogens is 326 g/mol. The van der Waals surface area contributed by atoms with E-state index < -0.39 is 17.5 Å². The molecule has 1 aliphatic heterocycles. The molecule has 2 rings (SSSR count). The third kappa shape index (κ3) is 4.68. The normalized spacial score (nSPS) is 17.1. The van der Waals surface area contributed by atoms with Crippen molar-refractivity contribution in [3.05, 3.63) is 33.9 Å². The fourth-order valence-electron chi connectivity index (χ4n) is 2.81. The molecule has 8 heteroatoms.